The van der Waals surface area contributed by atoms with Crippen LogP contribution in [0.1, 0.15) is 40.2 Å². The summed E-state index contributed by atoms with van der Waals surface area (Å²) < 4.78 is 16.8. The molecule has 0 atom stereocenters. The highest BCUT2D eigenvalue weighted by Gasteiger charge is 2.27. The van der Waals surface area contributed by atoms with E-state index in [1.165, 1.54) is 40.7 Å². The molecule has 8 heteroatoms. The summed E-state index contributed by atoms with van der Waals surface area (Å²) >= 11 is 1.89. The van der Waals surface area contributed by atoms with E-state index in [2.05, 4.69) is 46.2 Å². The minimum atomic E-state index is 0.646. The van der Waals surface area contributed by atoms with Crippen molar-refractivity contribution in [3.05, 3.63) is 69.9 Å². The Morgan fingerprint density at radius 2 is 1.59 bits per heavy atom. The Kier molecular flexibility index (Phi) is 7.57. The Bertz CT molecular complexity index is 1450. The van der Waals surface area contributed by atoms with E-state index in [1.54, 1.807) is 21.3 Å². The molecule has 2 aliphatic rings. The van der Waals surface area contributed by atoms with Crippen molar-refractivity contribution >= 4 is 27.4 Å². The number of benzene rings is 2. The largest absolute Gasteiger partial charge is 0.493 e. The third-order valence-corrected chi connectivity index (χ3v) is 9.08. The Morgan fingerprint density at radius 1 is 0.821 bits per heavy atom. The van der Waals surface area contributed by atoms with Crippen LogP contribution in [0.4, 0.5) is 5.82 Å². The van der Waals surface area contributed by atoms with Gasteiger partial charge in [-0.2, -0.15) is 0 Å². The van der Waals surface area contributed by atoms with E-state index in [9.17, 15) is 0 Å². The molecule has 1 saturated heterocycles. The third-order valence-electron chi connectivity index (χ3n) is 7.90. The average molecular weight is 545 g/mol. The van der Waals surface area contributed by atoms with E-state index in [-0.39, 0.29) is 0 Å². The van der Waals surface area contributed by atoms with E-state index < -0.39 is 0 Å². The molecule has 6 rings (SSSR count). The first-order valence-electron chi connectivity index (χ1n) is 13.8. The lowest BCUT2D eigenvalue weighted by atomic mass is 9.96. The van der Waals surface area contributed by atoms with E-state index in [0.29, 0.717) is 11.5 Å². The first-order chi connectivity index (χ1) is 19.2. The molecule has 0 bridgehead atoms. The Hall–Kier alpha value is -3.36. The monoisotopic (exact) mass is 544 g/mol. The van der Waals surface area contributed by atoms with E-state index in [0.717, 1.165) is 73.4 Å². The zero-order valence-corrected chi connectivity index (χ0v) is 23.9. The molecule has 2 aromatic heterocycles. The molecular formula is C31H36N4O3S. The molecule has 2 aromatic carbocycles. The number of fused-ring (bicyclic) bond motifs is 3. The summed E-state index contributed by atoms with van der Waals surface area (Å²) in [4.78, 5) is 18.0. The van der Waals surface area contributed by atoms with Crippen LogP contribution in [0.3, 0.4) is 0 Å². The highest BCUT2D eigenvalue weighted by atomic mass is 32.1. The molecule has 39 heavy (non-hydrogen) atoms. The summed E-state index contributed by atoms with van der Waals surface area (Å²) in [5.74, 6) is 4.12. The normalized spacial score (nSPS) is 15.8. The number of piperazine rings is 1. The van der Waals surface area contributed by atoms with Crippen molar-refractivity contribution in [2.24, 2.45) is 0 Å². The SMILES string of the molecule is COc1ccc(CN2CCN(c3nc(Cc4ccccc4)nc4sc5c(c34)CCCC5)CC2)c(OC)c1OC. The molecule has 4 aromatic rings. The first-order valence-corrected chi connectivity index (χ1v) is 14.6. The van der Waals surface area contributed by atoms with Crippen molar-refractivity contribution < 1.29 is 14.2 Å². The first kappa shape index (κ1) is 25.9. The van der Waals surface area contributed by atoms with Gasteiger partial charge in [-0.15, -0.1) is 11.3 Å². The summed E-state index contributed by atoms with van der Waals surface area (Å²) in [6.45, 7) is 4.55. The summed E-state index contributed by atoms with van der Waals surface area (Å²) in [5, 5.41) is 1.31. The van der Waals surface area contributed by atoms with Gasteiger partial charge in [-0.1, -0.05) is 36.4 Å². The van der Waals surface area contributed by atoms with Crippen LogP contribution in [0, 0.1) is 0 Å². The maximum absolute atomic E-state index is 5.74. The second-order valence-corrected chi connectivity index (χ2v) is 11.4. The van der Waals surface area contributed by atoms with Crippen LogP contribution in [0.2, 0.25) is 0 Å². The van der Waals surface area contributed by atoms with Crippen molar-refractivity contribution in [3.8, 4) is 17.2 Å². The lowest BCUT2D eigenvalue weighted by molar-refractivity contribution is 0.243. The van der Waals surface area contributed by atoms with Crippen LogP contribution in [0.15, 0.2) is 42.5 Å². The number of hydrogen-bond donors (Lipinski definition) is 0. The molecule has 0 saturated carbocycles. The Balaban J connectivity index is 1.26. The quantitative estimate of drug-likeness (QED) is 0.290. The third kappa shape index (κ3) is 5.15. The van der Waals surface area contributed by atoms with Gasteiger partial charge < -0.3 is 19.1 Å². The Labute approximate surface area is 234 Å². The van der Waals surface area contributed by atoms with Crippen molar-refractivity contribution in [2.45, 2.75) is 38.6 Å². The summed E-state index contributed by atoms with van der Waals surface area (Å²) in [7, 11) is 4.99. The second kappa shape index (κ2) is 11.4. The number of nitrogens with zero attached hydrogens (tertiary/aromatic N) is 4. The zero-order valence-electron chi connectivity index (χ0n) is 23.0. The fourth-order valence-electron chi connectivity index (χ4n) is 5.91. The summed E-state index contributed by atoms with van der Waals surface area (Å²) in [6.07, 6.45) is 5.60. The van der Waals surface area contributed by atoms with E-state index in [1.807, 2.05) is 17.4 Å². The molecule has 1 fully saturated rings. The highest BCUT2D eigenvalue weighted by Crippen LogP contribution is 2.42. The van der Waals surface area contributed by atoms with Crippen LogP contribution in [-0.4, -0.2) is 62.4 Å². The lowest BCUT2D eigenvalue weighted by Gasteiger charge is -2.36. The van der Waals surface area contributed by atoms with Crippen molar-refractivity contribution in [1.29, 1.82) is 0 Å². The van der Waals surface area contributed by atoms with Gasteiger partial charge in [0.05, 0.1) is 26.7 Å². The second-order valence-electron chi connectivity index (χ2n) is 10.3. The van der Waals surface area contributed by atoms with Gasteiger partial charge in [0, 0.05) is 49.6 Å². The van der Waals surface area contributed by atoms with Gasteiger partial charge in [0.25, 0.3) is 0 Å². The van der Waals surface area contributed by atoms with Gasteiger partial charge in [0.2, 0.25) is 5.75 Å². The number of rotatable bonds is 8. The smallest absolute Gasteiger partial charge is 0.203 e. The molecule has 0 unspecified atom stereocenters. The molecule has 204 valence electrons. The minimum Gasteiger partial charge on any atom is -0.493 e. The maximum atomic E-state index is 5.74. The fourth-order valence-corrected chi connectivity index (χ4v) is 7.19. The van der Waals surface area contributed by atoms with Crippen molar-refractivity contribution in [3.63, 3.8) is 0 Å². The maximum Gasteiger partial charge on any atom is 0.203 e. The summed E-state index contributed by atoms with van der Waals surface area (Å²) in [5.41, 5.74) is 3.85. The Morgan fingerprint density at radius 3 is 2.33 bits per heavy atom. The molecular weight excluding hydrogens is 508 g/mol. The fraction of sp³-hybridized carbons (Fsp3) is 0.419. The molecule has 0 spiro atoms. The number of thiophene rings is 1. The van der Waals surface area contributed by atoms with Crippen LogP contribution >= 0.6 is 11.3 Å². The number of methoxy groups -OCH3 is 3. The van der Waals surface area contributed by atoms with Gasteiger partial charge in [0.15, 0.2) is 11.5 Å². The highest BCUT2D eigenvalue weighted by molar-refractivity contribution is 7.19. The topological polar surface area (TPSA) is 60.0 Å². The number of aromatic nitrogens is 2. The average Bonchev–Trinajstić information content (AvgIpc) is 3.36. The molecule has 7 nitrogen and oxygen atoms in total. The van der Waals surface area contributed by atoms with Crippen LogP contribution < -0.4 is 19.1 Å². The number of hydrogen-bond acceptors (Lipinski definition) is 8. The van der Waals surface area contributed by atoms with E-state index >= 15 is 0 Å². The molecule has 0 radical (unpaired) electrons. The summed E-state index contributed by atoms with van der Waals surface area (Å²) in [6, 6.07) is 14.6. The molecule has 0 N–H and O–H groups in total. The number of anilines is 1. The van der Waals surface area contributed by atoms with Crippen molar-refractivity contribution in [1.82, 2.24) is 14.9 Å². The van der Waals surface area contributed by atoms with Gasteiger partial charge >= 0.3 is 0 Å². The van der Waals surface area contributed by atoms with Crippen molar-refractivity contribution in [2.75, 3.05) is 52.4 Å². The van der Waals surface area contributed by atoms with E-state index in [4.69, 9.17) is 24.2 Å². The standard InChI is InChI=1S/C31H36N4O3S/c1-36-24-14-13-22(28(37-2)29(24)38-3)20-34-15-17-35(18-16-34)30-27-23-11-7-8-12-25(23)39-31(27)33-26(32-30)19-21-9-5-4-6-10-21/h4-6,9-10,13-14H,7-8,11-12,15-20H2,1-3H3. The predicted molar refractivity (Wildman–Crippen MR) is 157 cm³/mol. The molecule has 1 aliphatic carbocycles. The minimum absolute atomic E-state index is 0.646. The molecule has 1 aliphatic heterocycles. The van der Waals surface area contributed by atoms with Crippen LogP contribution in [-0.2, 0) is 25.8 Å². The van der Waals surface area contributed by atoms with Crippen LogP contribution in [0.5, 0.6) is 17.2 Å². The number of ether oxygens (including phenoxy) is 3. The van der Waals surface area contributed by atoms with Gasteiger partial charge in [0.1, 0.15) is 16.5 Å². The lowest BCUT2D eigenvalue weighted by Crippen LogP contribution is -2.46. The molecule has 3 heterocycles. The van der Waals surface area contributed by atoms with Gasteiger partial charge in [-0.3, -0.25) is 4.90 Å². The van der Waals surface area contributed by atoms with Gasteiger partial charge in [-0.05, 0) is 42.9 Å². The molecule has 0 amide bonds. The van der Waals surface area contributed by atoms with Gasteiger partial charge in [-0.25, -0.2) is 9.97 Å². The number of aryl methyl sites for hydroxylation is 2. The predicted octanol–water partition coefficient (Wildman–Crippen LogP) is 5.51. The van der Waals surface area contributed by atoms with Crippen LogP contribution in [0.25, 0.3) is 10.2 Å². The zero-order chi connectivity index (χ0) is 26.8.